The first-order valence-corrected chi connectivity index (χ1v) is 7.80. The van der Waals surface area contributed by atoms with Crippen molar-refractivity contribution in [3.05, 3.63) is 30.9 Å². The fraction of sp³-hybridized carbons (Fsp3) is 0.500. The molecule has 0 fully saturated rings. The average molecular weight is 320 g/mol. The van der Waals surface area contributed by atoms with Gasteiger partial charge in [-0.25, -0.2) is 4.79 Å². The predicted octanol–water partition coefficient (Wildman–Crippen LogP) is 4.81. The lowest BCUT2D eigenvalue weighted by Crippen LogP contribution is -2.27. The largest absolute Gasteiger partial charge is 0.494 e. The van der Waals surface area contributed by atoms with E-state index in [1.807, 2.05) is 39.0 Å². The molecule has 128 valence electrons. The lowest BCUT2D eigenvalue weighted by molar-refractivity contribution is 0.0635. The summed E-state index contributed by atoms with van der Waals surface area (Å²) < 4.78 is 10.6. The van der Waals surface area contributed by atoms with Gasteiger partial charge in [0.25, 0.3) is 0 Å². The van der Waals surface area contributed by atoms with Crippen LogP contribution in [0.3, 0.4) is 0 Å². The first-order valence-electron chi connectivity index (χ1n) is 7.80. The molecule has 1 unspecified atom stereocenters. The van der Waals surface area contributed by atoms with Crippen LogP contribution in [0.2, 0.25) is 0 Å². The van der Waals surface area contributed by atoms with Gasteiger partial charge in [-0.15, -0.1) is 6.58 Å². The summed E-state index contributed by atoms with van der Waals surface area (Å²) in [6.45, 7) is 11.3. The van der Waals surface area contributed by atoms with Gasteiger partial charge in [-0.2, -0.15) is 0 Å². The quantitative estimate of drug-likeness (QED) is 0.708. The zero-order chi connectivity index (χ0) is 17.5. The van der Waals surface area contributed by atoms with Crippen LogP contribution in [-0.4, -0.2) is 24.8 Å². The van der Waals surface area contributed by atoms with Crippen molar-refractivity contribution in [3.63, 3.8) is 0 Å². The van der Waals surface area contributed by atoms with E-state index in [2.05, 4.69) is 24.1 Å². The molecule has 1 rings (SSSR count). The van der Waals surface area contributed by atoms with Gasteiger partial charge < -0.3 is 14.8 Å². The molecule has 0 bridgehead atoms. The van der Waals surface area contributed by atoms with Crippen LogP contribution in [0.4, 0.5) is 16.2 Å². The van der Waals surface area contributed by atoms with Crippen LogP contribution in [0.25, 0.3) is 0 Å². The van der Waals surface area contributed by atoms with E-state index in [1.54, 1.807) is 13.2 Å². The Morgan fingerprint density at radius 1 is 1.39 bits per heavy atom. The Hall–Kier alpha value is -2.17. The van der Waals surface area contributed by atoms with Crippen LogP contribution in [0.15, 0.2) is 30.9 Å². The number of amides is 1. The lowest BCUT2D eigenvalue weighted by Gasteiger charge is -2.21. The number of hydrogen-bond acceptors (Lipinski definition) is 4. The van der Waals surface area contributed by atoms with Crippen molar-refractivity contribution >= 4 is 17.5 Å². The van der Waals surface area contributed by atoms with Gasteiger partial charge in [-0.05, 0) is 52.7 Å². The van der Waals surface area contributed by atoms with E-state index in [1.165, 1.54) is 0 Å². The molecule has 0 aliphatic heterocycles. The van der Waals surface area contributed by atoms with Crippen LogP contribution in [0.5, 0.6) is 5.75 Å². The van der Waals surface area contributed by atoms with Crippen molar-refractivity contribution in [3.8, 4) is 5.75 Å². The standard InChI is InChI=1S/C18H28N2O3/c1-7-8-9-13(2)19-14-10-11-15(16(12-14)22-6)20-17(21)23-18(3,4)5/h7,10-13,19H,1,8-9H2,2-6H3,(H,20,21). The van der Waals surface area contributed by atoms with E-state index in [0.29, 0.717) is 17.5 Å². The van der Waals surface area contributed by atoms with Crippen LogP contribution in [-0.2, 0) is 4.74 Å². The molecule has 23 heavy (non-hydrogen) atoms. The Balaban J connectivity index is 2.76. The predicted molar refractivity (Wildman–Crippen MR) is 95.4 cm³/mol. The lowest BCUT2D eigenvalue weighted by atomic mass is 10.1. The van der Waals surface area contributed by atoms with E-state index in [4.69, 9.17) is 9.47 Å². The second kappa shape index (κ2) is 8.46. The number of anilines is 2. The fourth-order valence-corrected chi connectivity index (χ4v) is 2.02. The molecule has 1 amide bonds. The summed E-state index contributed by atoms with van der Waals surface area (Å²) in [5.41, 5.74) is 0.971. The summed E-state index contributed by atoms with van der Waals surface area (Å²) in [5, 5.41) is 6.10. The van der Waals surface area contributed by atoms with Crippen molar-refractivity contribution in [2.45, 2.75) is 52.2 Å². The average Bonchev–Trinajstić information content (AvgIpc) is 2.44. The number of allylic oxidation sites excluding steroid dienone is 1. The number of carbonyl (C=O) groups is 1. The number of hydrogen-bond donors (Lipinski definition) is 2. The SMILES string of the molecule is C=CCCC(C)Nc1ccc(NC(=O)OC(C)(C)C)c(OC)c1. The summed E-state index contributed by atoms with van der Waals surface area (Å²) in [6.07, 6.45) is 3.37. The number of ether oxygens (including phenoxy) is 2. The maximum Gasteiger partial charge on any atom is 0.412 e. The third-order valence-electron chi connectivity index (χ3n) is 3.05. The topological polar surface area (TPSA) is 59.6 Å². The number of rotatable bonds is 7. The fourth-order valence-electron chi connectivity index (χ4n) is 2.02. The molecule has 2 N–H and O–H groups in total. The Morgan fingerprint density at radius 3 is 2.65 bits per heavy atom. The third kappa shape index (κ3) is 7.08. The Kier molecular flexibility index (Phi) is 6.94. The molecule has 0 saturated heterocycles. The molecule has 0 heterocycles. The molecule has 0 aromatic heterocycles. The Morgan fingerprint density at radius 2 is 2.09 bits per heavy atom. The van der Waals surface area contributed by atoms with Crippen LogP contribution in [0, 0.1) is 0 Å². The van der Waals surface area contributed by atoms with E-state index >= 15 is 0 Å². The van der Waals surface area contributed by atoms with Crippen LogP contribution < -0.4 is 15.4 Å². The Labute approximate surface area is 139 Å². The molecule has 0 radical (unpaired) electrons. The first-order chi connectivity index (χ1) is 10.7. The normalized spacial score (nSPS) is 12.2. The highest BCUT2D eigenvalue weighted by Crippen LogP contribution is 2.29. The van der Waals surface area contributed by atoms with E-state index < -0.39 is 11.7 Å². The number of benzene rings is 1. The zero-order valence-electron chi connectivity index (χ0n) is 14.7. The van der Waals surface area contributed by atoms with E-state index in [-0.39, 0.29) is 0 Å². The molecule has 5 heteroatoms. The van der Waals surface area contributed by atoms with Gasteiger partial charge in [0.05, 0.1) is 12.8 Å². The minimum absolute atomic E-state index is 0.322. The van der Waals surface area contributed by atoms with E-state index in [0.717, 1.165) is 18.5 Å². The summed E-state index contributed by atoms with van der Waals surface area (Å²) in [5.74, 6) is 0.580. The van der Waals surface area contributed by atoms with Gasteiger partial charge in [0.15, 0.2) is 0 Å². The molecular formula is C18H28N2O3. The maximum absolute atomic E-state index is 11.9. The molecule has 0 aliphatic rings. The van der Waals surface area contributed by atoms with Crippen molar-refractivity contribution in [2.24, 2.45) is 0 Å². The van der Waals surface area contributed by atoms with Crippen LogP contribution >= 0.6 is 0 Å². The number of nitrogens with one attached hydrogen (secondary N) is 2. The summed E-state index contributed by atoms with van der Waals surface area (Å²) in [4.78, 5) is 11.9. The monoisotopic (exact) mass is 320 g/mol. The molecule has 0 aliphatic carbocycles. The highest BCUT2D eigenvalue weighted by Gasteiger charge is 2.17. The van der Waals surface area contributed by atoms with Gasteiger partial charge >= 0.3 is 6.09 Å². The van der Waals surface area contributed by atoms with Crippen molar-refractivity contribution < 1.29 is 14.3 Å². The van der Waals surface area contributed by atoms with Gasteiger partial charge in [-0.1, -0.05) is 6.08 Å². The third-order valence-corrected chi connectivity index (χ3v) is 3.05. The van der Waals surface area contributed by atoms with Crippen molar-refractivity contribution in [1.29, 1.82) is 0 Å². The second-order valence-corrected chi connectivity index (χ2v) is 6.45. The summed E-state index contributed by atoms with van der Waals surface area (Å²) >= 11 is 0. The molecule has 1 aromatic rings. The summed E-state index contributed by atoms with van der Waals surface area (Å²) in [7, 11) is 1.57. The van der Waals surface area contributed by atoms with Gasteiger partial charge in [-0.3, -0.25) is 5.32 Å². The molecule has 1 aromatic carbocycles. The van der Waals surface area contributed by atoms with Gasteiger partial charge in [0, 0.05) is 17.8 Å². The molecule has 0 saturated carbocycles. The first kappa shape index (κ1) is 18.9. The minimum Gasteiger partial charge on any atom is -0.494 e. The summed E-state index contributed by atoms with van der Waals surface area (Å²) in [6, 6.07) is 5.88. The highest BCUT2D eigenvalue weighted by molar-refractivity contribution is 5.87. The van der Waals surface area contributed by atoms with Gasteiger partial charge in [0.1, 0.15) is 11.4 Å². The van der Waals surface area contributed by atoms with Crippen molar-refractivity contribution in [1.82, 2.24) is 0 Å². The minimum atomic E-state index is -0.542. The van der Waals surface area contributed by atoms with Crippen molar-refractivity contribution in [2.75, 3.05) is 17.7 Å². The van der Waals surface area contributed by atoms with Crippen LogP contribution in [0.1, 0.15) is 40.5 Å². The van der Waals surface area contributed by atoms with Gasteiger partial charge in [0.2, 0.25) is 0 Å². The highest BCUT2D eigenvalue weighted by atomic mass is 16.6. The molecule has 0 spiro atoms. The second-order valence-electron chi connectivity index (χ2n) is 6.45. The molecule has 5 nitrogen and oxygen atoms in total. The Bertz CT molecular complexity index is 536. The maximum atomic E-state index is 11.9. The zero-order valence-corrected chi connectivity index (χ0v) is 14.7. The number of carbonyl (C=O) groups excluding carboxylic acids is 1. The smallest absolute Gasteiger partial charge is 0.412 e. The van der Waals surface area contributed by atoms with E-state index in [9.17, 15) is 4.79 Å². The molecule has 1 atom stereocenters. The molecular weight excluding hydrogens is 292 g/mol. The number of methoxy groups -OCH3 is 1.